The first-order valence-electron chi connectivity index (χ1n) is 4.64. The molecule has 0 spiro atoms. The summed E-state index contributed by atoms with van der Waals surface area (Å²) < 4.78 is 0. The molecular weight excluding hydrogens is 188 g/mol. The summed E-state index contributed by atoms with van der Waals surface area (Å²) in [5.74, 6) is 0. The lowest BCUT2D eigenvalue weighted by Gasteiger charge is -2.01. The first-order valence-corrected chi connectivity index (χ1v) is 4.64. The average molecular weight is 200 g/mol. The van der Waals surface area contributed by atoms with Gasteiger partial charge in [0.15, 0.2) is 0 Å². The Balaban J connectivity index is 2.52. The Kier molecular flexibility index (Phi) is 2.49. The number of nitrogens with two attached hydrogens (primary N) is 1. The summed E-state index contributed by atoms with van der Waals surface area (Å²) in [6.07, 6.45) is 5.20. The summed E-state index contributed by atoms with van der Waals surface area (Å²) in [4.78, 5) is 4.05. The molecule has 0 saturated carbocycles. The van der Waals surface area contributed by atoms with E-state index >= 15 is 0 Å². The minimum Gasteiger partial charge on any atom is -0.397 e. The third kappa shape index (κ3) is 1.88. The van der Waals surface area contributed by atoms with E-state index in [-0.39, 0.29) is 0 Å². The lowest BCUT2D eigenvalue weighted by atomic mass is 10.1. The molecule has 0 aliphatic rings. The smallest absolute Gasteiger partial charge is 0.0580 e. The van der Waals surface area contributed by atoms with Gasteiger partial charge in [0.25, 0.3) is 0 Å². The quantitative estimate of drug-likeness (QED) is 0.568. The fraction of sp³-hybridized carbons (Fsp3) is 0.0909. The number of fused-ring (bicyclic) bond motifs is 1. The minimum absolute atomic E-state index is 0.699. The Labute approximate surface area is 87.8 Å². The Morgan fingerprint density at radius 2 is 2.27 bits per heavy atom. The SMILES string of the molecule is CN/N=C/c1ccc2c(N)cncc2c1. The Morgan fingerprint density at radius 1 is 1.40 bits per heavy atom. The van der Waals surface area contributed by atoms with E-state index in [1.807, 2.05) is 18.2 Å². The second-order valence-electron chi connectivity index (χ2n) is 3.19. The van der Waals surface area contributed by atoms with E-state index in [1.165, 1.54) is 0 Å². The molecule has 0 aliphatic carbocycles. The fourth-order valence-corrected chi connectivity index (χ4v) is 1.44. The van der Waals surface area contributed by atoms with Crippen molar-refractivity contribution < 1.29 is 0 Å². The van der Waals surface area contributed by atoms with E-state index in [2.05, 4.69) is 15.5 Å². The van der Waals surface area contributed by atoms with Crippen molar-refractivity contribution >= 4 is 22.7 Å². The van der Waals surface area contributed by atoms with Gasteiger partial charge in [0.2, 0.25) is 0 Å². The van der Waals surface area contributed by atoms with Crippen molar-refractivity contribution in [2.45, 2.75) is 0 Å². The zero-order chi connectivity index (χ0) is 10.7. The van der Waals surface area contributed by atoms with Crippen LogP contribution >= 0.6 is 0 Å². The van der Waals surface area contributed by atoms with Crippen molar-refractivity contribution in [1.29, 1.82) is 0 Å². The predicted octanol–water partition coefficient (Wildman–Crippen LogP) is 1.37. The van der Waals surface area contributed by atoms with E-state index in [4.69, 9.17) is 5.73 Å². The molecule has 1 aromatic heterocycles. The molecule has 4 nitrogen and oxygen atoms in total. The highest BCUT2D eigenvalue weighted by Gasteiger charge is 1.98. The highest BCUT2D eigenvalue weighted by Crippen LogP contribution is 2.19. The van der Waals surface area contributed by atoms with E-state index in [0.717, 1.165) is 16.3 Å². The molecule has 0 radical (unpaired) electrons. The molecule has 1 heterocycles. The van der Waals surface area contributed by atoms with Crippen LogP contribution in [0.25, 0.3) is 10.8 Å². The number of nitrogens with zero attached hydrogens (tertiary/aromatic N) is 2. The van der Waals surface area contributed by atoms with Crippen molar-refractivity contribution in [3.63, 3.8) is 0 Å². The monoisotopic (exact) mass is 200 g/mol. The molecule has 2 aromatic rings. The normalized spacial score (nSPS) is 11.0. The molecule has 2 rings (SSSR count). The second-order valence-corrected chi connectivity index (χ2v) is 3.19. The molecule has 0 atom stereocenters. The van der Waals surface area contributed by atoms with Crippen molar-refractivity contribution in [3.05, 3.63) is 36.2 Å². The molecule has 0 aliphatic heterocycles. The summed E-state index contributed by atoms with van der Waals surface area (Å²) >= 11 is 0. The van der Waals surface area contributed by atoms with E-state index in [9.17, 15) is 0 Å². The highest BCUT2D eigenvalue weighted by atomic mass is 15.3. The van der Waals surface area contributed by atoms with Gasteiger partial charge in [0.1, 0.15) is 0 Å². The molecule has 0 bridgehead atoms. The molecule has 1 aromatic carbocycles. The van der Waals surface area contributed by atoms with Gasteiger partial charge in [0.05, 0.1) is 18.1 Å². The first kappa shape index (κ1) is 9.45. The number of nitrogens with one attached hydrogen (secondary N) is 1. The number of pyridine rings is 1. The van der Waals surface area contributed by atoms with E-state index in [0.29, 0.717) is 5.69 Å². The Bertz CT molecular complexity index is 505. The van der Waals surface area contributed by atoms with Crippen LogP contribution < -0.4 is 11.2 Å². The number of hydrogen-bond donors (Lipinski definition) is 2. The van der Waals surface area contributed by atoms with Gasteiger partial charge < -0.3 is 11.2 Å². The van der Waals surface area contributed by atoms with E-state index < -0.39 is 0 Å². The van der Waals surface area contributed by atoms with Gasteiger partial charge in [0, 0.05) is 24.0 Å². The van der Waals surface area contributed by atoms with Crippen LogP contribution in [0.3, 0.4) is 0 Å². The van der Waals surface area contributed by atoms with Crippen molar-refractivity contribution in [2.75, 3.05) is 12.8 Å². The molecule has 0 amide bonds. The summed E-state index contributed by atoms with van der Waals surface area (Å²) in [6, 6.07) is 5.95. The first-order chi connectivity index (χ1) is 7.31. The number of anilines is 1. The third-order valence-corrected chi connectivity index (χ3v) is 2.16. The van der Waals surface area contributed by atoms with Gasteiger partial charge in [-0.05, 0) is 11.6 Å². The summed E-state index contributed by atoms with van der Waals surface area (Å²) in [5, 5.41) is 5.99. The van der Waals surface area contributed by atoms with Crippen molar-refractivity contribution in [3.8, 4) is 0 Å². The van der Waals surface area contributed by atoms with Crippen LogP contribution in [0.2, 0.25) is 0 Å². The summed E-state index contributed by atoms with van der Waals surface area (Å²) in [6.45, 7) is 0. The van der Waals surface area contributed by atoms with Crippen molar-refractivity contribution in [2.24, 2.45) is 5.10 Å². The second kappa shape index (κ2) is 3.96. The minimum atomic E-state index is 0.699. The van der Waals surface area contributed by atoms with Crippen LogP contribution in [0.15, 0.2) is 35.7 Å². The van der Waals surface area contributed by atoms with Crippen molar-refractivity contribution in [1.82, 2.24) is 10.4 Å². The third-order valence-electron chi connectivity index (χ3n) is 2.16. The zero-order valence-corrected chi connectivity index (χ0v) is 8.44. The lowest BCUT2D eigenvalue weighted by Crippen LogP contribution is -1.95. The van der Waals surface area contributed by atoms with Gasteiger partial charge >= 0.3 is 0 Å². The van der Waals surface area contributed by atoms with Crippen LogP contribution in [-0.2, 0) is 0 Å². The summed E-state index contributed by atoms with van der Waals surface area (Å²) in [5.41, 5.74) is 10.2. The van der Waals surface area contributed by atoms with Crippen LogP contribution in [0, 0.1) is 0 Å². The largest absolute Gasteiger partial charge is 0.397 e. The topological polar surface area (TPSA) is 63.3 Å². The highest BCUT2D eigenvalue weighted by molar-refractivity contribution is 5.95. The average Bonchev–Trinajstić information content (AvgIpc) is 2.26. The number of hydrazone groups is 1. The molecular formula is C11H12N4. The molecule has 0 saturated heterocycles. The fourth-order valence-electron chi connectivity index (χ4n) is 1.44. The summed E-state index contributed by atoms with van der Waals surface area (Å²) in [7, 11) is 1.76. The van der Waals surface area contributed by atoms with Gasteiger partial charge in [-0.3, -0.25) is 4.98 Å². The predicted molar refractivity (Wildman–Crippen MR) is 62.8 cm³/mol. The molecule has 0 fully saturated rings. The number of rotatable bonds is 2. The van der Waals surface area contributed by atoms with Gasteiger partial charge in [-0.15, -0.1) is 0 Å². The lowest BCUT2D eigenvalue weighted by molar-refractivity contribution is 0.908. The number of nitrogen functional groups attached to an aromatic ring is 1. The molecule has 0 unspecified atom stereocenters. The maximum Gasteiger partial charge on any atom is 0.0580 e. The van der Waals surface area contributed by atoms with Crippen LogP contribution in [0.5, 0.6) is 0 Å². The number of benzene rings is 1. The Hall–Kier alpha value is -2.10. The molecule has 15 heavy (non-hydrogen) atoms. The van der Waals surface area contributed by atoms with Crippen LogP contribution in [0.4, 0.5) is 5.69 Å². The van der Waals surface area contributed by atoms with E-state index in [1.54, 1.807) is 25.7 Å². The van der Waals surface area contributed by atoms with Gasteiger partial charge in [-0.2, -0.15) is 5.10 Å². The van der Waals surface area contributed by atoms with Crippen LogP contribution in [-0.4, -0.2) is 18.2 Å². The molecule has 3 N–H and O–H groups in total. The zero-order valence-electron chi connectivity index (χ0n) is 8.44. The van der Waals surface area contributed by atoms with Gasteiger partial charge in [-0.1, -0.05) is 12.1 Å². The van der Waals surface area contributed by atoms with Gasteiger partial charge in [-0.25, -0.2) is 0 Å². The number of aromatic nitrogens is 1. The maximum atomic E-state index is 5.80. The van der Waals surface area contributed by atoms with Crippen LogP contribution in [0.1, 0.15) is 5.56 Å². The number of hydrogen-bond acceptors (Lipinski definition) is 4. The maximum absolute atomic E-state index is 5.80. The standard InChI is InChI=1S/C11H12N4/c1-13-15-5-8-2-3-10-9(4-8)6-14-7-11(10)12/h2-7,13H,12H2,1H3/b15-5+. The molecule has 76 valence electrons. The molecule has 4 heteroatoms. The Morgan fingerprint density at radius 3 is 3.07 bits per heavy atom.